The summed E-state index contributed by atoms with van der Waals surface area (Å²) in [5.41, 5.74) is -2.36. The zero-order valence-corrected chi connectivity index (χ0v) is 10.3. The van der Waals surface area contributed by atoms with E-state index in [0.717, 1.165) is 19.2 Å². The molecule has 1 aromatic rings. The van der Waals surface area contributed by atoms with Crippen molar-refractivity contribution in [1.82, 2.24) is 9.88 Å². The van der Waals surface area contributed by atoms with E-state index in [2.05, 4.69) is 5.32 Å². The number of nitrogens with zero attached hydrogens (tertiary/aromatic N) is 2. The summed E-state index contributed by atoms with van der Waals surface area (Å²) < 4.78 is 1.24. The van der Waals surface area contributed by atoms with Crippen LogP contribution < -0.4 is 5.32 Å². The first-order chi connectivity index (χ1) is 8.65. The van der Waals surface area contributed by atoms with Crippen LogP contribution >= 0.6 is 0 Å². The zero-order chi connectivity index (χ0) is 14.8. The molecule has 9 nitrogen and oxygen atoms in total. The molecule has 0 aliphatic carbocycles. The second-order valence-corrected chi connectivity index (χ2v) is 4.21. The van der Waals surface area contributed by atoms with Gasteiger partial charge in [0.1, 0.15) is 5.69 Å². The van der Waals surface area contributed by atoms with Crippen molar-refractivity contribution >= 4 is 17.6 Å². The summed E-state index contributed by atoms with van der Waals surface area (Å²) in [5, 5.41) is 30.8. The second kappa shape index (κ2) is 5.06. The van der Waals surface area contributed by atoms with Gasteiger partial charge in [0.2, 0.25) is 0 Å². The highest BCUT2D eigenvalue weighted by Gasteiger charge is 2.31. The number of carboxylic acids is 1. The Kier molecular flexibility index (Phi) is 3.90. The van der Waals surface area contributed by atoms with Gasteiger partial charge in [-0.1, -0.05) is 0 Å². The minimum atomic E-state index is -2.10. The van der Waals surface area contributed by atoms with Crippen LogP contribution in [0.5, 0.6) is 0 Å². The van der Waals surface area contributed by atoms with Gasteiger partial charge in [0.05, 0.1) is 17.7 Å². The number of hydrogen-bond acceptors (Lipinski definition) is 5. The van der Waals surface area contributed by atoms with Crippen molar-refractivity contribution in [1.29, 1.82) is 0 Å². The Bertz CT molecular complexity index is 533. The molecule has 0 radical (unpaired) electrons. The molecule has 0 fully saturated rings. The molecule has 1 aromatic heterocycles. The lowest BCUT2D eigenvalue weighted by Gasteiger charge is -2.18. The molecule has 0 spiro atoms. The molecule has 0 bridgehead atoms. The number of nitrogens with one attached hydrogen (secondary N) is 1. The van der Waals surface area contributed by atoms with E-state index in [-0.39, 0.29) is 11.4 Å². The molecule has 1 heterocycles. The second-order valence-electron chi connectivity index (χ2n) is 4.21. The van der Waals surface area contributed by atoms with Gasteiger partial charge in [-0.15, -0.1) is 0 Å². The Morgan fingerprint density at radius 3 is 2.58 bits per heavy atom. The van der Waals surface area contributed by atoms with Crippen molar-refractivity contribution in [2.24, 2.45) is 7.05 Å². The maximum absolute atomic E-state index is 11.7. The van der Waals surface area contributed by atoms with Gasteiger partial charge >= 0.3 is 5.97 Å². The van der Waals surface area contributed by atoms with E-state index in [4.69, 9.17) is 5.11 Å². The smallest absolute Gasteiger partial charge is 0.337 e. The van der Waals surface area contributed by atoms with Gasteiger partial charge in [0, 0.05) is 13.1 Å². The molecule has 104 valence electrons. The van der Waals surface area contributed by atoms with E-state index in [1.165, 1.54) is 11.6 Å². The average Bonchev–Trinajstić information content (AvgIpc) is 2.68. The molecule has 0 aliphatic heterocycles. The highest BCUT2D eigenvalue weighted by molar-refractivity contribution is 5.94. The van der Waals surface area contributed by atoms with E-state index in [1.54, 1.807) is 0 Å². The fourth-order valence-corrected chi connectivity index (χ4v) is 1.29. The number of aliphatic carboxylic acids is 1. The SMILES string of the molecule is Cn1cc([N+](=O)[O-])cc1C(=O)NCC(C)(O)C(=O)O. The fraction of sp³-hybridized carbons (Fsp3) is 0.400. The number of carbonyl (C=O) groups excluding carboxylic acids is 1. The molecule has 1 unspecified atom stereocenters. The van der Waals surface area contributed by atoms with Crippen LogP contribution in [-0.4, -0.2) is 43.7 Å². The lowest BCUT2D eigenvalue weighted by molar-refractivity contribution is -0.384. The topological polar surface area (TPSA) is 135 Å². The molecule has 9 heteroatoms. The lowest BCUT2D eigenvalue weighted by Crippen LogP contribution is -2.46. The summed E-state index contributed by atoms with van der Waals surface area (Å²) in [6.45, 7) is 0.517. The number of amides is 1. The Labute approximate surface area is 107 Å². The number of rotatable bonds is 5. The molecule has 1 amide bonds. The predicted octanol–water partition coefficient (Wildman–Crippen LogP) is -0.501. The Morgan fingerprint density at radius 1 is 1.58 bits per heavy atom. The Balaban J connectivity index is 2.80. The van der Waals surface area contributed by atoms with Crippen LogP contribution in [-0.2, 0) is 11.8 Å². The molecular weight excluding hydrogens is 258 g/mol. The van der Waals surface area contributed by atoms with Crippen LogP contribution in [0.4, 0.5) is 5.69 Å². The number of aryl methyl sites for hydroxylation is 1. The molecule has 0 aliphatic rings. The molecule has 0 saturated heterocycles. The van der Waals surface area contributed by atoms with Gasteiger partial charge < -0.3 is 20.1 Å². The summed E-state index contributed by atoms with van der Waals surface area (Å²) in [4.78, 5) is 32.2. The van der Waals surface area contributed by atoms with E-state index in [0.29, 0.717) is 0 Å². The van der Waals surface area contributed by atoms with Crippen LogP contribution in [0.25, 0.3) is 0 Å². The summed E-state index contributed by atoms with van der Waals surface area (Å²) >= 11 is 0. The summed E-state index contributed by atoms with van der Waals surface area (Å²) in [6.07, 6.45) is 1.16. The van der Waals surface area contributed by atoms with Crippen LogP contribution in [0.2, 0.25) is 0 Å². The minimum Gasteiger partial charge on any atom is -0.479 e. The molecule has 1 rings (SSSR count). The maximum Gasteiger partial charge on any atom is 0.337 e. The third kappa shape index (κ3) is 3.28. The number of nitro groups is 1. The quantitative estimate of drug-likeness (QED) is 0.488. The van der Waals surface area contributed by atoms with Crippen molar-refractivity contribution < 1.29 is 24.7 Å². The van der Waals surface area contributed by atoms with Gasteiger partial charge in [-0.25, -0.2) is 4.79 Å². The first-order valence-electron chi connectivity index (χ1n) is 5.20. The van der Waals surface area contributed by atoms with Gasteiger partial charge in [-0.2, -0.15) is 0 Å². The van der Waals surface area contributed by atoms with Crippen LogP contribution in [0.15, 0.2) is 12.3 Å². The third-order valence-corrected chi connectivity index (χ3v) is 2.49. The van der Waals surface area contributed by atoms with E-state index in [1.807, 2.05) is 0 Å². The van der Waals surface area contributed by atoms with Gasteiger partial charge in [0.25, 0.3) is 11.6 Å². The van der Waals surface area contributed by atoms with Crippen LogP contribution in [0.1, 0.15) is 17.4 Å². The highest BCUT2D eigenvalue weighted by Crippen LogP contribution is 2.15. The van der Waals surface area contributed by atoms with Gasteiger partial charge in [0.15, 0.2) is 5.60 Å². The molecule has 0 saturated carbocycles. The van der Waals surface area contributed by atoms with Crippen LogP contribution in [0, 0.1) is 10.1 Å². The highest BCUT2D eigenvalue weighted by atomic mass is 16.6. The summed E-state index contributed by atoms with van der Waals surface area (Å²) in [7, 11) is 1.44. The van der Waals surface area contributed by atoms with Gasteiger partial charge in [-0.05, 0) is 6.92 Å². The number of carbonyl (C=O) groups is 2. The average molecular weight is 271 g/mol. The van der Waals surface area contributed by atoms with Crippen molar-refractivity contribution in [3.05, 3.63) is 28.1 Å². The first kappa shape index (κ1) is 14.6. The Morgan fingerprint density at radius 2 is 2.16 bits per heavy atom. The van der Waals surface area contributed by atoms with Gasteiger partial charge in [-0.3, -0.25) is 14.9 Å². The summed E-state index contributed by atoms with van der Waals surface area (Å²) in [6, 6.07) is 1.06. The van der Waals surface area contributed by atoms with Crippen molar-refractivity contribution in [3.8, 4) is 0 Å². The molecule has 1 atom stereocenters. The minimum absolute atomic E-state index is 0.00658. The number of carboxylic acid groups (broad SMARTS) is 1. The van der Waals surface area contributed by atoms with E-state index >= 15 is 0 Å². The number of aromatic nitrogens is 1. The fourth-order valence-electron chi connectivity index (χ4n) is 1.29. The largest absolute Gasteiger partial charge is 0.479 e. The predicted molar refractivity (Wildman–Crippen MR) is 62.7 cm³/mol. The number of aliphatic hydroxyl groups is 1. The Hall–Kier alpha value is -2.42. The molecule has 19 heavy (non-hydrogen) atoms. The van der Waals surface area contributed by atoms with Crippen molar-refractivity contribution in [2.75, 3.05) is 6.54 Å². The van der Waals surface area contributed by atoms with Crippen molar-refractivity contribution in [3.63, 3.8) is 0 Å². The standard InChI is InChI=1S/C10H13N3O6/c1-10(17,9(15)16)5-11-8(14)7-3-6(13(18)19)4-12(7)2/h3-4,17H,5H2,1-2H3,(H,11,14)(H,15,16). The van der Waals surface area contributed by atoms with Crippen LogP contribution in [0.3, 0.4) is 0 Å². The van der Waals surface area contributed by atoms with E-state index < -0.39 is 28.9 Å². The molecule has 0 aromatic carbocycles. The maximum atomic E-state index is 11.7. The normalized spacial score (nSPS) is 13.6. The molecule has 3 N–H and O–H groups in total. The third-order valence-electron chi connectivity index (χ3n) is 2.49. The van der Waals surface area contributed by atoms with E-state index in [9.17, 15) is 24.8 Å². The lowest BCUT2D eigenvalue weighted by atomic mass is 10.1. The molecular formula is C10H13N3O6. The summed E-state index contributed by atoms with van der Waals surface area (Å²) in [5.74, 6) is -2.19. The first-order valence-corrected chi connectivity index (χ1v) is 5.20. The van der Waals surface area contributed by atoms with Crippen molar-refractivity contribution in [2.45, 2.75) is 12.5 Å². The zero-order valence-electron chi connectivity index (χ0n) is 10.3. The number of hydrogen-bond donors (Lipinski definition) is 3. The monoisotopic (exact) mass is 271 g/mol.